The summed E-state index contributed by atoms with van der Waals surface area (Å²) < 4.78 is 5.61. The van der Waals surface area contributed by atoms with Gasteiger partial charge in [-0.2, -0.15) is 0 Å². The fourth-order valence-electron chi connectivity index (χ4n) is 2.30. The molecule has 0 atom stereocenters. The van der Waals surface area contributed by atoms with Crippen LogP contribution in [0, 0.1) is 0 Å². The van der Waals surface area contributed by atoms with E-state index in [0.717, 1.165) is 29.2 Å². The number of unbranched alkanes of at least 4 members (excludes halogenated alkanes) is 2. The summed E-state index contributed by atoms with van der Waals surface area (Å²) in [6.45, 7) is 3.24. The van der Waals surface area contributed by atoms with E-state index < -0.39 is 0 Å². The monoisotopic (exact) mass is 274 g/mol. The van der Waals surface area contributed by atoms with Gasteiger partial charge >= 0.3 is 0 Å². The molecule has 0 amide bonds. The largest absolute Gasteiger partial charge is 0.494 e. The van der Waals surface area contributed by atoms with Gasteiger partial charge in [0.15, 0.2) is 5.75 Å². The van der Waals surface area contributed by atoms with Crippen LogP contribution in [0.4, 0.5) is 5.69 Å². The number of ether oxygens (including phenoxy) is 1. The molecule has 0 unspecified atom stereocenters. The normalized spacial score (nSPS) is 10.6. The predicted octanol–water partition coefficient (Wildman–Crippen LogP) is 3.11. The van der Waals surface area contributed by atoms with Crippen LogP contribution in [-0.4, -0.2) is 36.1 Å². The number of H-pyrrole nitrogens is 1. The highest BCUT2D eigenvalue weighted by Gasteiger charge is 2.14. The highest BCUT2D eigenvalue weighted by Crippen LogP contribution is 2.36. The fourth-order valence-corrected chi connectivity index (χ4v) is 2.30. The van der Waals surface area contributed by atoms with Crippen LogP contribution < -0.4 is 9.64 Å². The first-order valence-electron chi connectivity index (χ1n) is 7.02. The molecular formula is C15H22N4O. The van der Waals surface area contributed by atoms with Crippen LogP contribution in [0.1, 0.15) is 26.2 Å². The van der Waals surface area contributed by atoms with Crippen LogP contribution in [-0.2, 0) is 0 Å². The molecule has 0 aliphatic heterocycles. The Hall–Kier alpha value is -2.04. The summed E-state index contributed by atoms with van der Waals surface area (Å²) in [5.41, 5.74) is 2.94. The Kier molecular flexibility index (Phi) is 4.98. The van der Waals surface area contributed by atoms with Gasteiger partial charge in [-0.3, -0.25) is 5.10 Å². The molecule has 5 nitrogen and oxygen atoms in total. The Morgan fingerprint density at radius 3 is 2.80 bits per heavy atom. The minimum absolute atomic E-state index is 0.859. The summed E-state index contributed by atoms with van der Waals surface area (Å²) in [4.78, 5) is 2.24. The summed E-state index contributed by atoms with van der Waals surface area (Å²) >= 11 is 0. The van der Waals surface area contributed by atoms with Crippen LogP contribution in [0.15, 0.2) is 24.4 Å². The number of para-hydroxylation sites is 1. The van der Waals surface area contributed by atoms with E-state index in [2.05, 4.69) is 40.3 Å². The molecule has 0 spiro atoms. The van der Waals surface area contributed by atoms with Crippen molar-refractivity contribution in [2.45, 2.75) is 26.2 Å². The van der Waals surface area contributed by atoms with Crippen LogP contribution in [0.5, 0.6) is 5.75 Å². The van der Waals surface area contributed by atoms with Crippen molar-refractivity contribution >= 4 is 5.69 Å². The van der Waals surface area contributed by atoms with Gasteiger partial charge in [0, 0.05) is 19.2 Å². The molecule has 0 radical (unpaired) electrons. The summed E-state index contributed by atoms with van der Waals surface area (Å²) in [6.07, 6.45) is 5.37. The van der Waals surface area contributed by atoms with Crippen molar-refractivity contribution in [2.75, 3.05) is 25.6 Å². The molecule has 2 aromatic rings. The van der Waals surface area contributed by atoms with E-state index in [1.54, 1.807) is 13.3 Å². The summed E-state index contributed by atoms with van der Waals surface area (Å²) in [5.74, 6) is 0.859. The predicted molar refractivity (Wildman–Crippen MR) is 81.2 cm³/mol. The number of benzene rings is 1. The van der Waals surface area contributed by atoms with Gasteiger partial charge in [-0.25, -0.2) is 0 Å². The zero-order valence-electron chi connectivity index (χ0n) is 12.4. The Labute approximate surface area is 120 Å². The first-order chi connectivity index (χ1) is 9.77. The molecule has 1 aromatic heterocycles. The lowest BCUT2D eigenvalue weighted by Crippen LogP contribution is -2.19. The van der Waals surface area contributed by atoms with Gasteiger partial charge in [-0.1, -0.05) is 31.0 Å². The molecule has 1 N–H and O–H groups in total. The van der Waals surface area contributed by atoms with Gasteiger partial charge in [-0.05, 0) is 18.6 Å². The smallest absolute Gasteiger partial charge is 0.151 e. The topological polar surface area (TPSA) is 54.0 Å². The number of nitrogens with zero attached hydrogens (tertiary/aromatic N) is 3. The second kappa shape index (κ2) is 6.93. The maximum absolute atomic E-state index is 5.61. The number of hydrogen-bond acceptors (Lipinski definition) is 4. The van der Waals surface area contributed by atoms with Gasteiger partial charge in [0.05, 0.1) is 24.7 Å². The molecule has 0 aliphatic rings. The van der Waals surface area contributed by atoms with E-state index in [4.69, 9.17) is 4.74 Å². The average Bonchev–Trinajstić information content (AvgIpc) is 3.00. The second-order valence-corrected chi connectivity index (χ2v) is 4.86. The molecule has 0 aliphatic carbocycles. The Bertz CT molecular complexity index is 525. The molecule has 20 heavy (non-hydrogen) atoms. The minimum Gasteiger partial charge on any atom is -0.494 e. The van der Waals surface area contributed by atoms with Gasteiger partial charge in [-0.15, -0.1) is 5.10 Å². The van der Waals surface area contributed by atoms with Crippen molar-refractivity contribution in [3.05, 3.63) is 24.4 Å². The van der Waals surface area contributed by atoms with Gasteiger partial charge in [0.25, 0.3) is 0 Å². The number of anilines is 1. The fraction of sp³-hybridized carbons (Fsp3) is 0.467. The van der Waals surface area contributed by atoms with Crippen LogP contribution in [0.25, 0.3) is 11.3 Å². The lowest BCUT2D eigenvalue weighted by Gasteiger charge is -2.23. The zero-order valence-corrected chi connectivity index (χ0v) is 12.4. The van der Waals surface area contributed by atoms with Crippen molar-refractivity contribution < 1.29 is 4.74 Å². The van der Waals surface area contributed by atoms with E-state index in [-0.39, 0.29) is 0 Å². The number of methoxy groups -OCH3 is 1. The number of nitrogens with one attached hydrogen (secondary N) is 1. The molecule has 0 bridgehead atoms. The van der Waals surface area contributed by atoms with Crippen molar-refractivity contribution in [3.63, 3.8) is 0 Å². The maximum atomic E-state index is 5.61. The minimum atomic E-state index is 0.859. The molecule has 1 aromatic carbocycles. The zero-order chi connectivity index (χ0) is 14.4. The maximum Gasteiger partial charge on any atom is 0.151 e. The average molecular weight is 274 g/mol. The van der Waals surface area contributed by atoms with E-state index in [9.17, 15) is 0 Å². The molecule has 0 saturated heterocycles. The lowest BCUT2D eigenvalue weighted by atomic mass is 10.1. The molecule has 5 heteroatoms. The van der Waals surface area contributed by atoms with Crippen molar-refractivity contribution in [3.8, 4) is 17.0 Å². The summed E-state index contributed by atoms with van der Waals surface area (Å²) in [7, 11) is 3.80. The van der Waals surface area contributed by atoms with E-state index in [1.165, 1.54) is 19.3 Å². The molecular weight excluding hydrogens is 252 g/mol. The summed E-state index contributed by atoms with van der Waals surface area (Å²) in [5, 5.41) is 10.5. The number of hydrogen-bond donors (Lipinski definition) is 1. The SMILES string of the molecule is CCCCCN(C)c1cccc(-c2cnn[nH]2)c1OC. The number of aromatic amines is 1. The van der Waals surface area contributed by atoms with Crippen LogP contribution in [0.3, 0.4) is 0 Å². The number of rotatable bonds is 7. The lowest BCUT2D eigenvalue weighted by molar-refractivity contribution is 0.416. The van der Waals surface area contributed by atoms with Crippen LogP contribution >= 0.6 is 0 Å². The van der Waals surface area contributed by atoms with Gasteiger partial charge in [0.2, 0.25) is 0 Å². The molecule has 0 fully saturated rings. The quantitative estimate of drug-likeness (QED) is 0.788. The third-order valence-corrected chi connectivity index (χ3v) is 3.41. The highest BCUT2D eigenvalue weighted by molar-refractivity contribution is 5.76. The Balaban J connectivity index is 2.27. The third-order valence-electron chi connectivity index (χ3n) is 3.41. The van der Waals surface area contributed by atoms with Crippen molar-refractivity contribution in [1.82, 2.24) is 15.4 Å². The first-order valence-corrected chi connectivity index (χ1v) is 7.02. The standard InChI is InChI=1S/C15H22N4O/c1-4-5-6-10-19(2)14-9-7-8-12(15(14)20-3)13-11-16-18-17-13/h7-9,11H,4-6,10H2,1-3H3,(H,16,17,18). The number of aromatic nitrogens is 3. The van der Waals surface area contributed by atoms with E-state index in [1.807, 2.05) is 12.1 Å². The highest BCUT2D eigenvalue weighted by atomic mass is 16.5. The Morgan fingerprint density at radius 2 is 2.15 bits per heavy atom. The van der Waals surface area contributed by atoms with E-state index in [0.29, 0.717) is 0 Å². The summed E-state index contributed by atoms with van der Waals surface area (Å²) in [6, 6.07) is 6.12. The van der Waals surface area contributed by atoms with Gasteiger partial charge in [0.1, 0.15) is 0 Å². The van der Waals surface area contributed by atoms with Crippen molar-refractivity contribution in [2.24, 2.45) is 0 Å². The molecule has 0 saturated carbocycles. The first kappa shape index (κ1) is 14.4. The van der Waals surface area contributed by atoms with E-state index >= 15 is 0 Å². The molecule has 1 heterocycles. The second-order valence-electron chi connectivity index (χ2n) is 4.86. The van der Waals surface area contributed by atoms with Gasteiger partial charge < -0.3 is 9.64 Å². The van der Waals surface area contributed by atoms with Crippen molar-refractivity contribution in [1.29, 1.82) is 0 Å². The molecule has 2 rings (SSSR count). The third kappa shape index (κ3) is 3.10. The molecule has 108 valence electrons. The Morgan fingerprint density at radius 1 is 1.30 bits per heavy atom. The van der Waals surface area contributed by atoms with Crippen LogP contribution in [0.2, 0.25) is 0 Å².